The predicted molar refractivity (Wildman–Crippen MR) is 104 cm³/mol. The van der Waals surface area contributed by atoms with E-state index >= 15 is 0 Å². The van der Waals surface area contributed by atoms with Gasteiger partial charge in [-0.15, -0.1) is 11.8 Å². The minimum absolute atomic E-state index is 0.630. The fraction of sp³-hybridized carbons (Fsp3) is 0.400. The van der Waals surface area contributed by atoms with Gasteiger partial charge in [-0.05, 0) is 66.1 Å². The first-order chi connectivity index (χ1) is 11.8. The fourth-order valence-electron chi connectivity index (χ4n) is 4.56. The molecule has 1 fully saturated rings. The quantitative estimate of drug-likeness (QED) is 0.792. The van der Waals surface area contributed by atoms with Crippen LogP contribution in [0, 0.1) is 0 Å². The Morgan fingerprint density at radius 1 is 1.17 bits per heavy atom. The van der Waals surface area contributed by atoms with E-state index in [1.165, 1.54) is 46.8 Å². The van der Waals surface area contributed by atoms with Gasteiger partial charge in [-0.3, -0.25) is 0 Å². The van der Waals surface area contributed by atoms with E-state index in [9.17, 15) is 0 Å². The summed E-state index contributed by atoms with van der Waals surface area (Å²) in [6, 6.07) is 13.8. The Labute approximate surface area is 152 Å². The lowest BCUT2D eigenvalue weighted by molar-refractivity contribution is 0.403. The first kappa shape index (κ1) is 15.1. The highest BCUT2D eigenvalue weighted by Gasteiger charge is 2.41. The third kappa shape index (κ3) is 2.37. The summed E-state index contributed by atoms with van der Waals surface area (Å²) >= 11 is 8.26. The highest BCUT2D eigenvalue weighted by atomic mass is 35.5. The molecule has 3 aliphatic heterocycles. The lowest BCUT2D eigenvalue weighted by Crippen LogP contribution is -2.44. The Balaban J connectivity index is 1.68. The SMILES string of the molecule is Clc1cccc(-c2cc3c4c(c2)[C@H]2CNCC[C@H]2N4CCCS3)c1. The first-order valence-corrected chi connectivity index (χ1v) is 10.2. The molecule has 1 N–H and O–H groups in total. The third-order valence-electron chi connectivity index (χ3n) is 5.60. The molecule has 3 aliphatic rings. The summed E-state index contributed by atoms with van der Waals surface area (Å²) in [6.07, 6.45) is 2.54. The molecule has 124 valence electrons. The Kier molecular flexibility index (Phi) is 3.77. The van der Waals surface area contributed by atoms with Gasteiger partial charge >= 0.3 is 0 Å². The second kappa shape index (κ2) is 5.98. The van der Waals surface area contributed by atoms with E-state index in [-0.39, 0.29) is 0 Å². The van der Waals surface area contributed by atoms with Crippen molar-refractivity contribution in [2.75, 3.05) is 30.3 Å². The van der Waals surface area contributed by atoms with Crippen LogP contribution in [-0.4, -0.2) is 31.4 Å². The molecule has 2 aromatic rings. The normalized spacial score (nSPS) is 25.1. The lowest BCUT2D eigenvalue weighted by Gasteiger charge is -2.33. The first-order valence-electron chi connectivity index (χ1n) is 8.85. The van der Waals surface area contributed by atoms with Gasteiger partial charge < -0.3 is 10.2 Å². The maximum atomic E-state index is 6.23. The number of piperidine rings is 1. The van der Waals surface area contributed by atoms with E-state index in [0.29, 0.717) is 12.0 Å². The van der Waals surface area contributed by atoms with Gasteiger partial charge in [0.2, 0.25) is 0 Å². The summed E-state index contributed by atoms with van der Waals surface area (Å²) in [5.74, 6) is 1.85. The van der Waals surface area contributed by atoms with Crippen molar-refractivity contribution in [3.05, 3.63) is 47.0 Å². The molecule has 0 amide bonds. The van der Waals surface area contributed by atoms with E-state index in [1.807, 2.05) is 23.9 Å². The van der Waals surface area contributed by atoms with Crippen LogP contribution in [0.2, 0.25) is 5.02 Å². The molecule has 0 spiro atoms. The summed E-state index contributed by atoms with van der Waals surface area (Å²) in [7, 11) is 0. The maximum absolute atomic E-state index is 6.23. The minimum atomic E-state index is 0.630. The van der Waals surface area contributed by atoms with Crippen molar-refractivity contribution in [3.63, 3.8) is 0 Å². The van der Waals surface area contributed by atoms with Gasteiger partial charge in [-0.25, -0.2) is 0 Å². The highest BCUT2D eigenvalue weighted by Crippen LogP contribution is 2.51. The smallest absolute Gasteiger partial charge is 0.0544 e. The molecular formula is C20H21ClN2S. The van der Waals surface area contributed by atoms with Gasteiger partial charge in [-0.2, -0.15) is 0 Å². The molecule has 3 heterocycles. The lowest BCUT2D eigenvalue weighted by atomic mass is 9.88. The van der Waals surface area contributed by atoms with Crippen molar-refractivity contribution in [1.29, 1.82) is 0 Å². The van der Waals surface area contributed by atoms with Gasteiger partial charge in [0.05, 0.1) is 5.69 Å². The Morgan fingerprint density at radius 2 is 2.12 bits per heavy atom. The molecule has 0 aliphatic carbocycles. The maximum Gasteiger partial charge on any atom is 0.0544 e. The number of thioether (sulfide) groups is 1. The van der Waals surface area contributed by atoms with Crippen LogP contribution in [0.25, 0.3) is 11.1 Å². The molecule has 24 heavy (non-hydrogen) atoms. The van der Waals surface area contributed by atoms with Crippen LogP contribution in [0.1, 0.15) is 24.3 Å². The molecule has 0 unspecified atom stereocenters. The summed E-state index contributed by atoms with van der Waals surface area (Å²) in [4.78, 5) is 4.19. The summed E-state index contributed by atoms with van der Waals surface area (Å²) < 4.78 is 0. The van der Waals surface area contributed by atoms with Crippen LogP contribution < -0.4 is 10.2 Å². The second-order valence-electron chi connectivity index (χ2n) is 6.98. The second-order valence-corrected chi connectivity index (χ2v) is 8.56. The number of hydrogen-bond donors (Lipinski definition) is 1. The van der Waals surface area contributed by atoms with E-state index < -0.39 is 0 Å². The highest BCUT2D eigenvalue weighted by molar-refractivity contribution is 7.99. The van der Waals surface area contributed by atoms with Crippen LogP contribution in [0.5, 0.6) is 0 Å². The minimum Gasteiger partial charge on any atom is -0.367 e. The average molecular weight is 357 g/mol. The molecule has 0 bridgehead atoms. The monoisotopic (exact) mass is 356 g/mol. The molecule has 2 aromatic carbocycles. The fourth-order valence-corrected chi connectivity index (χ4v) is 5.83. The largest absolute Gasteiger partial charge is 0.367 e. The number of benzene rings is 2. The van der Waals surface area contributed by atoms with Crippen molar-refractivity contribution in [3.8, 4) is 11.1 Å². The third-order valence-corrected chi connectivity index (χ3v) is 6.95. The molecule has 2 atom stereocenters. The van der Waals surface area contributed by atoms with Crippen molar-refractivity contribution in [2.24, 2.45) is 0 Å². The number of rotatable bonds is 1. The van der Waals surface area contributed by atoms with Crippen molar-refractivity contribution in [2.45, 2.75) is 29.7 Å². The van der Waals surface area contributed by atoms with Crippen molar-refractivity contribution in [1.82, 2.24) is 5.32 Å². The molecule has 1 saturated heterocycles. The molecule has 4 heteroatoms. The Morgan fingerprint density at radius 3 is 3.04 bits per heavy atom. The van der Waals surface area contributed by atoms with Crippen LogP contribution in [0.3, 0.4) is 0 Å². The zero-order chi connectivity index (χ0) is 16.1. The van der Waals surface area contributed by atoms with Crippen LogP contribution in [-0.2, 0) is 0 Å². The van der Waals surface area contributed by atoms with Crippen LogP contribution in [0.15, 0.2) is 41.3 Å². The van der Waals surface area contributed by atoms with Crippen molar-refractivity contribution >= 4 is 29.1 Å². The van der Waals surface area contributed by atoms with Gasteiger partial charge in [-0.1, -0.05) is 23.7 Å². The molecule has 0 aromatic heterocycles. The summed E-state index contributed by atoms with van der Waals surface area (Å²) in [5.41, 5.74) is 5.62. The van der Waals surface area contributed by atoms with E-state index in [0.717, 1.165) is 18.1 Å². The molecule has 2 nitrogen and oxygen atoms in total. The Hall–Kier alpha value is -1.16. The zero-order valence-corrected chi connectivity index (χ0v) is 15.2. The molecule has 5 rings (SSSR count). The van der Waals surface area contributed by atoms with Gasteiger partial charge in [0.15, 0.2) is 0 Å². The van der Waals surface area contributed by atoms with Gasteiger partial charge in [0, 0.05) is 35.0 Å². The molecule has 0 saturated carbocycles. The number of nitrogens with zero attached hydrogens (tertiary/aromatic N) is 1. The van der Waals surface area contributed by atoms with Crippen LogP contribution >= 0.6 is 23.4 Å². The van der Waals surface area contributed by atoms with Gasteiger partial charge in [0.25, 0.3) is 0 Å². The van der Waals surface area contributed by atoms with E-state index in [2.05, 4.69) is 34.5 Å². The number of halogens is 1. The summed E-state index contributed by atoms with van der Waals surface area (Å²) in [6.45, 7) is 3.47. The Bertz CT molecular complexity index is 791. The number of fused-ring (bicyclic) bond motifs is 3. The number of hydrogen-bond acceptors (Lipinski definition) is 3. The predicted octanol–water partition coefficient (Wildman–Crippen LogP) is 4.77. The average Bonchev–Trinajstić information content (AvgIpc) is 2.77. The summed E-state index contributed by atoms with van der Waals surface area (Å²) in [5, 5.41) is 4.42. The van der Waals surface area contributed by atoms with Gasteiger partial charge in [0.1, 0.15) is 0 Å². The number of nitrogens with one attached hydrogen (secondary N) is 1. The van der Waals surface area contributed by atoms with E-state index in [1.54, 1.807) is 5.56 Å². The molecular weight excluding hydrogens is 336 g/mol. The topological polar surface area (TPSA) is 15.3 Å². The van der Waals surface area contributed by atoms with Crippen LogP contribution in [0.4, 0.5) is 5.69 Å². The zero-order valence-electron chi connectivity index (χ0n) is 13.6. The van der Waals surface area contributed by atoms with Crippen molar-refractivity contribution < 1.29 is 0 Å². The standard InChI is InChI=1S/C20H21ClN2S/c21-15-4-1-3-13(9-15)14-10-16-17-12-22-6-5-18(17)23-7-2-8-24-19(11-14)20(16)23/h1,3-4,9-11,17-18,22H,2,5-8,12H2/t17-,18-/m1/s1. The number of anilines is 1. The molecule has 0 radical (unpaired) electrons. The van der Waals surface area contributed by atoms with E-state index in [4.69, 9.17) is 11.6 Å².